The van der Waals surface area contributed by atoms with Gasteiger partial charge in [-0.3, -0.25) is 4.79 Å². The van der Waals surface area contributed by atoms with Gasteiger partial charge in [0.15, 0.2) is 4.80 Å². The first-order valence-electron chi connectivity index (χ1n) is 6.94. The summed E-state index contributed by atoms with van der Waals surface area (Å²) in [5.41, 5.74) is 1.21. The molecule has 122 valence electrons. The SMILES string of the molecule is C=CCn1c(=NC(=O)c2ccc(Cl)cc2)sc2ccc(Cl)c(Cl)c21. The van der Waals surface area contributed by atoms with Crippen molar-refractivity contribution in [3.63, 3.8) is 0 Å². The highest BCUT2D eigenvalue weighted by Crippen LogP contribution is 2.32. The molecule has 0 aliphatic heterocycles. The van der Waals surface area contributed by atoms with E-state index in [1.807, 2.05) is 10.6 Å². The van der Waals surface area contributed by atoms with Crippen LogP contribution in [0.25, 0.3) is 10.2 Å². The summed E-state index contributed by atoms with van der Waals surface area (Å²) < 4.78 is 2.73. The number of fused-ring (bicyclic) bond motifs is 1. The second-order valence-electron chi connectivity index (χ2n) is 4.92. The van der Waals surface area contributed by atoms with Crippen LogP contribution in [0.15, 0.2) is 54.0 Å². The Morgan fingerprint density at radius 1 is 1.17 bits per heavy atom. The summed E-state index contributed by atoms with van der Waals surface area (Å²) in [5.74, 6) is -0.349. The lowest BCUT2D eigenvalue weighted by Gasteiger charge is -2.04. The zero-order chi connectivity index (χ0) is 17.3. The number of benzene rings is 2. The molecule has 0 aliphatic carbocycles. The van der Waals surface area contributed by atoms with Gasteiger partial charge in [0.05, 0.1) is 20.3 Å². The zero-order valence-corrected chi connectivity index (χ0v) is 15.4. The number of carbonyl (C=O) groups excluding carboxylic acids is 1. The van der Waals surface area contributed by atoms with Crippen LogP contribution in [0.1, 0.15) is 10.4 Å². The summed E-state index contributed by atoms with van der Waals surface area (Å²) >= 11 is 19.7. The smallest absolute Gasteiger partial charge is 0.279 e. The zero-order valence-electron chi connectivity index (χ0n) is 12.3. The van der Waals surface area contributed by atoms with E-state index < -0.39 is 0 Å². The summed E-state index contributed by atoms with van der Waals surface area (Å²) in [6, 6.07) is 10.2. The van der Waals surface area contributed by atoms with Gasteiger partial charge in [0.2, 0.25) is 0 Å². The lowest BCUT2D eigenvalue weighted by Crippen LogP contribution is -2.16. The lowest BCUT2D eigenvalue weighted by atomic mass is 10.2. The molecule has 1 aromatic heterocycles. The van der Waals surface area contributed by atoms with Crippen LogP contribution in [0.5, 0.6) is 0 Å². The fourth-order valence-corrected chi connectivity index (χ4v) is 3.88. The predicted molar refractivity (Wildman–Crippen MR) is 101 cm³/mol. The molecule has 0 saturated heterocycles. The molecule has 0 saturated carbocycles. The van der Waals surface area contributed by atoms with Crippen molar-refractivity contribution in [1.82, 2.24) is 4.57 Å². The second-order valence-corrected chi connectivity index (χ2v) is 7.15. The number of carbonyl (C=O) groups is 1. The second kappa shape index (κ2) is 7.11. The fraction of sp³-hybridized carbons (Fsp3) is 0.0588. The Kier molecular flexibility index (Phi) is 5.11. The number of thiazole rings is 1. The minimum absolute atomic E-state index is 0.349. The van der Waals surface area contributed by atoms with Gasteiger partial charge in [0, 0.05) is 17.1 Å². The van der Waals surface area contributed by atoms with Crippen LogP contribution in [0.4, 0.5) is 0 Å². The third-order valence-electron chi connectivity index (χ3n) is 3.33. The van der Waals surface area contributed by atoms with E-state index in [0.717, 1.165) is 10.2 Å². The molecule has 0 bridgehead atoms. The summed E-state index contributed by atoms with van der Waals surface area (Å²) in [7, 11) is 0. The van der Waals surface area contributed by atoms with E-state index in [9.17, 15) is 4.79 Å². The van der Waals surface area contributed by atoms with E-state index in [4.69, 9.17) is 34.8 Å². The standard InChI is InChI=1S/C17H11Cl3N2OS/c1-2-9-22-15-13(8-7-12(19)14(15)20)24-17(22)21-16(23)10-3-5-11(18)6-4-10/h2-8H,1,9H2. The van der Waals surface area contributed by atoms with Crippen LogP contribution in [-0.2, 0) is 6.54 Å². The number of allylic oxidation sites excluding steroid dienone is 1. The highest BCUT2D eigenvalue weighted by molar-refractivity contribution is 7.16. The first-order chi connectivity index (χ1) is 11.5. The Labute approximate surface area is 157 Å². The van der Waals surface area contributed by atoms with Gasteiger partial charge in [0.25, 0.3) is 5.91 Å². The van der Waals surface area contributed by atoms with Crippen molar-refractivity contribution >= 4 is 62.3 Å². The van der Waals surface area contributed by atoms with Gasteiger partial charge in [-0.15, -0.1) is 6.58 Å². The molecule has 7 heteroatoms. The molecular weight excluding hydrogens is 387 g/mol. The molecule has 0 N–H and O–H groups in total. The topological polar surface area (TPSA) is 34.4 Å². The average Bonchev–Trinajstić information content (AvgIpc) is 2.90. The number of hydrogen-bond acceptors (Lipinski definition) is 2. The first-order valence-corrected chi connectivity index (χ1v) is 8.89. The Morgan fingerprint density at radius 3 is 2.54 bits per heavy atom. The first kappa shape index (κ1) is 17.2. The van der Waals surface area contributed by atoms with E-state index >= 15 is 0 Å². The molecule has 3 aromatic rings. The molecular formula is C17H11Cl3N2OS. The number of hydrogen-bond donors (Lipinski definition) is 0. The number of aromatic nitrogens is 1. The summed E-state index contributed by atoms with van der Waals surface area (Å²) in [6.45, 7) is 4.21. The predicted octanol–water partition coefficient (Wildman–Crippen LogP) is 5.59. The maximum Gasteiger partial charge on any atom is 0.279 e. The highest BCUT2D eigenvalue weighted by Gasteiger charge is 2.13. The Morgan fingerprint density at radius 2 is 1.88 bits per heavy atom. The van der Waals surface area contributed by atoms with Crippen LogP contribution in [-0.4, -0.2) is 10.5 Å². The molecule has 3 rings (SSSR count). The third-order valence-corrected chi connectivity index (χ3v) is 5.42. The molecule has 0 unspecified atom stereocenters. The van der Waals surface area contributed by atoms with Crippen LogP contribution < -0.4 is 4.80 Å². The van der Waals surface area contributed by atoms with Crippen molar-refractivity contribution in [2.24, 2.45) is 4.99 Å². The maximum absolute atomic E-state index is 12.4. The minimum atomic E-state index is -0.349. The van der Waals surface area contributed by atoms with Crippen molar-refractivity contribution in [1.29, 1.82) is 0 Å². The van der Waals surface area contributed by atoms with Crippen LogP contribution >= 0.6 is 46.1 Å². The molecule has 0 fully saturated rings. The number of rotatable bonds is 3. The monoisotopic (exact) mass is 396 g/mol. The quantitative estimate of drug-likeness (QED) is 0.530. The highest BCUT2D eigenvalue weighted by atomic mass is 35.5. The van der Waals surface area contributed by atoms with Crippen LogP contribution in [0.3, 0.4) is 0 Å². The molecule has 0 spiro atoms. The van der Waals surface area contributed by atoms with Crippen molar-refractivity contribution in [3.8, 4) is 0 Å². The lowest BCUT2D eigenvalue weighted by molar-refractivity contribution is 0.0998. The van der Waals surface area contributed by atoms with E-state index in [1.54, 1.807) is 36.4 Å². The van der Waals surface area contributed by atoms with E-state index in [2.05, 4.69) is 11.6 Å². The largest absolute Gasteiger partial charge is 0.311 e. The van der Waals surface area contributed by atoms with E-state index in [-0.39, 0.29) is 5.91 Å². The van der Waals surface area contributed by atoms with Crippen LogP contribution in [0.2, 0.25) is 15.1 Å². The average molecular weight is 398 g/mol. The molecule has 1 amide bonds. The van der Waals surface area contributed by atoms with Gasteiger partial charge in [-0.25, -0.2) is 0 Å². The van der Waals surface area contributed by atoms with Crippen LogP contribution in [0, 0.1) is 0 Å². The van der Waals surface area contributed by atoms with Crippen molar-refractivity contribution < 1.29 is 4.79 Å². The summed E-state index contributed by atoms with van der Waals surface area (Å²) in [6.07, 6.45) is 1.72. The molecule has 0 aliphatic rings. The minimum Gasteiger partial charge on any atom is -0.311 e. The van der Waals surface area contributed by atoms with E-state index in [0.29, 0.717) is 32.0 Å². The normalized spacial score (nSPS) is 11.9. The summed E-state index contributed by atoms with van der Waals surface area (Å²) in [5, 5.41) is 1.46. The van der Waals surface area contributed by atoms with Gasteiger partial charge >= 0.3 is 0 Å². The number of halogens is 3. The molecule has 2 aromatic carbocycles. The molecule has 3 nitrogen and oxygen atoms in total. The van der Waals surface area contributed by atoms with Gasteiger partial charge in [-0.2, -0.15) is 4.99 Å². The number of nitrogens with zero attached hydrogens (tertiary/aromatic N) is 2. The number of amides is 1. The van der Waals surface area contributed by atoms with E-state index in [1.165, 1.54) is 11.3 Å². The van der Waals surface area contributed by atoms with Gasteiger partial charge in [-0.05, 0) is 36.4 Å². The molecule has 24 heavy (non-hydrogen) atoms. The molecule has 0 radical (unpaired) electrons. The Hall–Kier alpha value is -1.59. The van der Waals surface area contributed by atoms with Gasteiger partial charge in [0.1, 0.15) is 0 Å². The Balaban J connectivity index is 2.19. The third kappa shape index (κ3) is 3.28. The van der Waals surface area contributed by atoms with Crippen molar-refractivity contribution in [2.45, 2.75) is 6.54 Å². The van der Waals surface area contributed by atoms with Gasteiger partial charge in [-0.1, -0.05) is 52.2 Å². The van der Waals surface area contributed by atoms with Gasteiger partial charge < -0.3 is 4.57 Å². The Bertz CT molecular complexity index is 1000. The summed E-state index contributed by atoms with van der Waals surface area (Å²) in [4.78, 5) is 17.2. The van der Waals surface area contributed by atoms with Crippen molar-refractivity contribution in [2.75, 3.05) is 0 Å². The van der Waals surface area contributed by atoms with Crippen molar-refractivity contribution in [3.05, 3.63) is 74.5 Å². The fourth-order valence-electron chi connectivity index (χ4n) is 2.23. The maximum atomic E-state index is 12.4. The molecule has 1 heterocycles. The molecule has 0 atom stereocenters.